The third-order valence-corrected chi connectivity index (χ3v) is 1.66. The van der Waals surface area contributed by atoms with Gasteiger partial charge in [0.05, 0.1) is 6.04 Å². The molecule has 0 spiro atoms. The van der Waals surface area contributed by atoms with Crippen LogP contribution in [0.4, 0.5) is 0 Å². The van der Waals surface area contributed by atoms with Crippen LogP contribution in [0.25, 0.3) is 0 Å². The highest BCUT2D eigenvalue weighted by Gasteiger charge is 2.27. The molecule has 1 atom stereocenters. The van der Waals surface area contributed by atoms with Gasteiger partial charge >= 0.3 is 0 Å². The van der Waals surface area contributed by atoms with Gasteiger partial charge in [-0.1, -0.05) is 20.8 Å². The lowest BCUT2D eigenvalue weighted by molar-refractivity contribution is -0.112. The first-order chi connectivity index (χ1) is 5.17. The molecule has 0 fully saturated rings. The Hall–Kier alpha value is -0.370. The van der Waals surface area contributed by atoms with Gasteiger partial charge in [-0.05, 0) is 26.2 Å². The Labute approximate surface area is 75.7 Å². The lowest BCUT2D eigenvalue weighted by Crippen LogP contribution is -2.50. The number of aldehydes is 1. The summed E-state index contributed by atoms with van der Waals surface area (Å²) < 4.78 is 0. The van der Waals surface area contributed by atoms with Gasteiger partial charge in [0.25, 0.3) is 0 Å². The zero-order valence-electron chi connectivity index (χ0n) is 9.06. The fraction of sp³-hybridized carbons (Fsp3) is 0.900. The van der Waals surface area contributed by atoms with Crippen molar-refractivity contribution in [2.75, 3.05) is 0 Å². The molecule has 0 aromatic carbocycles. The molecule has 0 saturated carbocycles. The number of nitrogens with one attached hydrogen (secondary N) is 1. The van der Waals surface area contributed by atoms with Crippen molar-refractivity contribution in [2.45, 2.75) is 53.1 Å². The Morgan fingerprint density at radius 1 is 1.08 bits per heavy atom. The van der Waals surface area contributed by atoms with Crippen LogP contribution >= 0.6 is 0 Å². The van der Waals surface area contributed by atoms with E-state index in [0.717, 1.165) is 6.29 Å². The Kier molecular flexibility index (Phi) is 3.45. The molecule has 1 N–H and O–H groups in total. The van der Waals surface area contributed by atoms with Gasteiger partial charge in [-0.15, -0.1) is 0 Å². The van der Waals surface area contributed by atoms with Crippen molar-refractivity contribution in [3.63, 3.8) is 0 Å². The SMILES string of the molecule is CC(C)(C)NC(C=O)C(C)(C)C. The summed E-state index contributed by atoms with van der Waals surface area (Å²) in [4.78, 5) is 10.8. The predicted molar refractivity (Wildman–Crippen MR) is 52.2 cm³/mol. The minimum Gasteiger partial charge on any atom is -0.303 e. The molecule has 12 heavy (non-hydrogen) atoms. The summed E-state index contributed by atoms with van der Waals surface area (Å²) in [6.45, 7) is 12.4. The van der Waals surface area contributed by atoms with E-state index in [9.17, 15) is 4.79 Å². The summed E-state index contributed by atoms with van der Waals surface area (Å²) in [6, 6.07) is -0.0718. The molecule has 1 unspecified atom stereocenters. The van der Waals surface area contributed by atoms with Crippen molar-refractivity contribution >= 4 is 6.29 Å². The molecule has 2 heteroatoms. The Bertz CT molecular complexity index is 150. The molecule has 72 valence electrons. The van der Waals surface area contributed by atoms with Crippen LogP contribution < -0.4 is 5.32 Å². The number of carbonyl (C=O) groups is 1. The van der Waals surface area contributed by atoms with E-state index in [4.69, 9.17) is 0 Å². The fourth-order valence-electron chi connectivity index (χ4n) is 0.921. The largest absolute Gasteiger partial charge is 0.303 e. The molecule has 2 nitrogen and oxygen atoms in total. The van der Waals surface area contributed by atoms with Crippen molar-refractivity contribution in [1.82, 2.24) is 5.32 Å². The number of hydrogen-bond acceptors (Lipinski definition) is 2. The van der Waals surface area contributed by atoms with Crippen LogP contribution in [0.5, 0.6) is 0 Å². The molecule has 0 aliphatic rings. The summed E-state index contributed by atoms with van der Waals surface area (Å²) in [5.74, 6) is 0. The van der Waals surface area contributed by atoms with Gasteiger partial charge in [-0.3, -0.25) is 0 Å². The van der Waals surface area contributed by atoms with Gasteiger partial charge in [-0.2, -0.15) is 0 Å². The molecule has 0 aromatic rings. The Morgan fingerprint density at radius 2 is 1.50 bits per heavy atom. The average Bonchev–Trinajstić information content (AvgIpc) is 1.78. The second-order valence-electron chi connectivity index (χ2n) is 5.37. The Balaban J connectivity index is 4.30. The molecule has 0 amide bonds. The van der Waals surface area contributed by atoms with Crippen molar-refractivity contribution in [1.29, 1.82) is 0 Å². The minimum absolute atomic E-state index is 0.00113. The molecular weight excluding hydrogens is 150 g/mol. The molecule has 0 aromatic heterocycles. The summed E-state index contributed by atoms with van der Waals surface area (Å²) in [5.41, 5.74) is -0.00606. The normalized spacial score (nSPS) is 15.8. The van der Waals surface area contributed by atoms with Gasteiger partial charge in [0, 0.05) is 5.54 Å². The highest BCUT2D eigenvalue weighted by Crippen LogP contribution is 2.19. The molecule has 0 heterocycles. The minimum atomic E-state index is -0.0718. The van der Waals surface area contributed by atoms with Crippen molar-refractivity contribution in [3.05, 3.63) is 0 Å². The summed E-state index contributed by atoms with van der Waals surface area (Å²) in [7, 11) is 0. The summed E-state index contributed by atoms with van der Waals surface area (Å²) >= 11 is 0. The van der Waals surface area contributed by atoms with Crippen LogP contribution in [0.15, 0.2) is 0 Å². The monoisotopic (exact) mass is 171 g/mol. The molecule has 0 rings (SSSR count). The second kappa shape index (κ2) is 3.56. The topological polar surface area (TPSA) is 29.1 Å². The van der Waals surface area contributed by atoms with Crippen LogP contribution in [0, 0.1) is 5.41 Å². The van der Waals surface area contributed by atoms with E-state index in [1.165, 1.54) is 0 Å². The maximum absolute atomic E-state index is 10.8. The van der Waals surface area contributed by atoms with Crippen LogP contribution in [0.1, 0.15) is 41.5 Å². The molecule has 0 aliphatic carbocycles. The smallest absolute Gasteiger partial charge is 0.137 e. The zero-order chi connectivity index (χ0) is 9.99. The average molecular weight is 171 g/mol. The van der Waals surface area contributed by atoms with E-state index in [1.54, 1.807) is 0 Å². The van der Waals surface area contributed by atoms with Gasteiger partial charge < -0.3 is 10.1 Å². The summed E-state index contributed by atoms with van der Waals surface area (Å²) in [5, 5.41) is 3.28. The number of hydrogen-bond donors (Lipinski definition) is 1. The molecule has 0 bridgehead atoms. The van der Waals surface area contributed by atoms with Gasteiger partial charge in [-0.25, -0.2) is 0 Å². The molecule has 0 radical (unpaired) electrons. The van der Waals surface area contributed by atoms with E-state index >= 15 is 0 Å². The van der Waals surface area contributed by atoms with E-state index in [2.05, 4.69) is 46.9 Å². The summed E-state index contributed by atoms with van der Waals surface area (Å²) in [6.07, 6.45) is 0.991. The molecular formula is C10H21NO. The first-order valence-corrected chi connectivity index (χ1v) is 4.40. The van der Waals surface area contributed by atoms with Crippen LogP contribution in [-0.2, 0) is 4.79 Å². The van der Waals surface area contributed by atoms with Gasteiger partial charge in [0.15, 0.2) is 0 Å². The van der Waals surface area contributed by atoms with Crippen molar-refractivity contribution < 1.29 is 4.79 Å². The van der Waals surface area contributed by atoms with E-state index in [1.807, 2.05) is 0 Å². The third-order valence-electron chi connectivity index (χ3n) is 1.66. The first-order valence-electron chi connectivity index (χ1n) is 4.40. The predicted octanol–water partition coefficient (Wildman–Crippen LogP) is 1.99. The Morgan fingerprint density at radius 3 is 1.58 bits per heavy atom. The van der Waals surface area contributed by atoms with E-state index < -0.39 is 0 Å². The van der Waals surface area contributed by atoms with Crippen LogP contribution in [0.2, 0.25) is 0 Å². The lowest BCUT2D eigenvalue weighted by Gasteiger charge is -2.33. The third kappa shape index (κ3) is 4.50. The van der Waals surface area contributed by atoms with Gasteiger partial charge in [0.1, 0.15) is 6.29 Å². The number of carbonyl (C=O) groups excluding carboxylic acids is 1. The van der Waals surface area contributed by atoms with E-state index in [0.29, 0.717) is 0 Å². The molecule has 0 saturated heterocycles. The number of rotatable bonds is 2. The maximum Gasteiger partial charge on any atom is 0.137 e. The maximum atomic E-state index is 10.8. The highest BCUT2D eigenvalue weighted by atomic mass is 16.1. The second-order valence-corrected chi connectivity index (χ2v) is 5.37. The fourth-order valence-corrected chi connectivity index (χ4v) is 0.921. The quantitative estimate of drug-likeness (QED) is 0.644. The van der Waals surface area contributed by atoms with Gasteiger partial charge in [0.2, 0.25) is 0 Å². The zero-order valence-corrected chi connectivity index (χ0v) is 9.06. The highest BCUT2D eigenvalue weighted by molar-refractivity contribution is 5.59. The van der Waals surface area contributed by atoms with Crippen LogP contribution in [0.3, 0.4) is 0 Å². The van der Waals surface area contributed by atoms with E-state index in [-0.39, 0.29) is 17.0 Å². The van der Waals surface area contributed by atoms with Crippen molar-refractivity contribution in [2.24, 2.45) is 5.41 Å². The standard InChI is InChI=1S/C10H21NO/c1-9(2,3)8(7-12)11-10(4,5)6/h7-8,11H,1-6H3. The lowest BCUT2D eigenvalue weighted by atomic mass is 9.86. The first kappa shape index (κ1) is 11.6. The van der Waals surface area contributed by atoms with Crippen LogP contribution in [-0.4, -0.2) is 17.9 Å². The van der Waals surface area contributed by atoms with Crippen molar-refractivity contribution in [3.8, 4) is 0 Å². The molecule has 0 aliphatic heterocycles.